The minimum absolute atomic E-state index is 0.0363. The molecule has 0 saturated carbocycles. The van der Waals surface area contributed by atoms with Crippen LogP contribution in [0.1, 0.15) is 59.4 Å². The lowest BCUT2D eigenvalue weighted by molar-refractivity contribution is -0.164. The zero-order chi connectivity index (χ0) is 31.4. The highest BCUT2D eigenvalue weighted by molar-refractivity contribution is 7.11. The lowest BCUT2D eigenvalue weighted by Gasteiger charge is -2.41. The summed E-state index contributed by atoms with van der Waals surface area (Å²) < 4.78 is 13.1. The molecule has 1 aliphatic rings. The van der Waals surface area contributed by atoms with Crippen LogP contribution in [0.3, 0.4) is 0 Å². The van der Waals surface area contributed by atoms with Crippen molar-refractivity contribution in [3.8, 4) is 0 Å². The number of hydrogen-bond acceptors (Lipinski definition) is 3. The maximum Gasteiger partial charge on any atom is 0.373 e. The first-order chi connectivity index (χ1) is 21.0. The average molecular weight is 603 g/mol. The van der Waals surface area contributed by atoms with Gasteiger partial charge in [-0.2, -0.15) is 0 Å². The van der Waals surface area contributed by atoms with Gasteiger partial charge in [0.2, 0.25) is 5.76 Å². The number of rotatable bonds is 8. The molecule has 5 rings (SSSR count). The van der Waals surface area contributed by atoms with Crippen molar-refractivity contribution in [3.05, 3.63) is 139 Å². The van der Waals surface area contributed by atoms with Crippen LogP contribution in [-0.4, -0.2) is 26.3 Å². The van der Waals surface area contributed by atoms with E-state index in [9.17, 15) is 4.79 Å². The van der Waals surface area contributed by atoms with Crippen LogP contribution in [-0.2, 0) is 14.3 Å². The quantitative estimate of drug-likeness (QED) is 0.118. The molecular formula is C40H46O3Si. The molecule has 2 atom stereocenters. The van der Waals surface area contributed by atoms with Gasteiger partial charge >= 0.3 is 5.97 Å². The summed E-state index contributed by atoms with van der Waals surface area (Å²) in [5.41, 5.74) is 0.732. The lowest BCUT2D eigenvalue weighted by atomic mass is 9.74. The molecule has 0 bridgehead atoms. The number of benzene rings is 4. The van der Waals surface area contributed by atoms with E-state index in [1.807, 2.05) is 12.1 Å². The van der Waals surface area contributed by atoms with Crippen LogP contribution in [0.5, 0.6) is 0 Å². The van der Waals surface area contributed by atoms with Gasteiger partial charge in [0.15, 0.2) is 8.07 Å². The zero-order valence-corrected chi connectivity index (χ0v) is 28.0. The SMILES string of the molecule is CC(C)(C)C(OC(=O)C1=C[C@@H](c2ccccc2)C[C@@H](C[Si](c2ccccc2)(c2ccccc2)c2ccccc2)O1)C(C)(C)C. The van der Waals surface area contributed by atoms with E-state index in [1.165, 1.54) is 21.1 Å². The predicted molar refractivity (Wildman–Crippen MR) is 184 cm³/mol. The van der Waals surface area contributed by atoms with E-state index in [4.69, 9.17) is 9.47 Å². The highest BCUT2D eigenvalue weighted by Gasteiger charge is 2.45. The fourth-order valence-electron chi connectivity index (χ4n) is 7.16. The normalized spacial score (nSPS) is 17.5. The molecule has 44 heavy (non-hydrogen) atoms. The van der Waals surface area contributed by atoms with Gasteiger partial charge in [0, 0.05) is 5.92 Å². The van der Waals surface area contributed by atoms with Gasteiger partial charge in [0.05, 0.1) is 6.10 Å². The largest absolute Gasteiger partial charge is 0.484 e. The van der Waals surface area contributed by atoms with E-state index in [0.29, 0.717) is 5.76 Å². The highest BCUT2D eigenvalue weighted by Crippen LogP contribution is 2.39. The maximum atomic E-state index is 14.0. The van der Waals surface area contributed by atoms with E-state index >= 15 is 0 Å². The summed E-state index contributed by atoms with van der Waals surface area (Å²) in [5.74, 6) is -0.0168. The Bertz CT molecular complexity index is 1420. The highest BCUT2D eigenvalue weighted by atomic mass is 28.3. The Morgan fingerprint density at radius 2 is 1.11 bits per heavy atom. The standard InChI is InChI=1S/C40H46O3Si/c1-39(2,3)38(40(4,5)6)43-37(41)36-28-31(30-19-11-7-12-20-30)27-32(42-36)29-44(33-21-13-8-14-22-33,34-23-15-9-16-24-34)35-25-17-10-18-26-35/h7-26,28,31-32,38H,27,29H2,1-6H3/t31-,32-/m0/s1. The van der Waals surface area contributed by atoms with Gasteiger partial charge in [-0.3, -0.25) is 0 Å². The molecule has 1 aliphatic heterocycles. The minimum atomic E-state index is -2.60. The van der Waals surface area contributed by atoms with Crippen molar-refractivity contribution >= 4 is 29.6 Å². The molecule has 0 N–H and O–H groups in total. The van der Waals surface area contributed by atoms with Crippen molar-refractivity contribution in [2.24, 2.45) is 10.8 Å². The third kappa shape index (κ3) is 6.92. The van der Waals surface area contributed by atoms with E-state index in [2.05, 4.69) is 157 Å². The van der Waals surface area contributed by atoms with Gasteiger partial charge < -0.3 is 9.47 Å². The molecule has 4 aromatic rings. The zero-order valence-electron chi connectivity index (χ0n) is 27.0. The summed E-state index contributed by atoms with van der Waals surface area (Å²) in [6.07, 6.45) is 2.30. The van der Waals surface area contributed by atoms with Crippen molar-refractivity contribution in [1.82, 2.24) is 0 Å². The number of ether oxygens (including phenoxy) is 2. The van der Waals surface area contributed by atoms with Crippen LogP contribution in [0.4, 0.5) is 0 Å². The number of hydrogen-bond donors (Lipinski definition) is 0. The predicted octanol–water partition coefficient (Wildman–Crippen LogP) is 7.62. The summed E-state index contributed by atoms with van der Waals surface area (Å²) in [5, 5.41) is 3.99. The molecule has 0 radical (unpaired) electrons. The number of allylic oxidation sites excluding steroid dienone is 1. The van der Waals surface area contributed by atoms with Gasteiger partial charge in [0.1, 0.15) is 6.10 Å². The molecule has 0 unspecified atom stereocenters. The van der Waals surface area contributed by atoms with E-state index < -0.39 is 8.07 Å². The van der Waals surface area contributed by atoms with Crippen LogP contribution in [0.15, 0.2) is 133 Å². The second kappa shape index (κ2) is 13.0. The molecule has 3 nitrogen and oxygen atoms in total. The van der Waals surface area contributed by atoms with E-state index in [1.54, 1.807) is 0 Å². The lowest BCUT2D eigenvalue weighted by Crippen LogP contribution is -2.68. The Morgan fingerprint density at radius 1 is 0.705 bits per heavy atom. The van der Waals surface area contributed by atoms with Crippen molar-refractivity contribution in [1.29, 1.82) is 0 Å². The molecule has 0 spiro atoms. The number of esters is 1. The Kier molecular flexibility index (Phi) is 9.31. The molecule has 0 fully saturated rings. The summed E-state index contributed by atoms with van der Waals surface area (Å²) >= 11 is 0. The third-order valence-corrected chi connectivity index (χ3v) is 13.7. The summed E-state index contributed by atoms with van der Waals surface area (Å²) in [6, 6.07) is 44.0. The molecule has 4 aromatic carbocycles. The molecule has 0 aliphatic carbocycles. The van der Waals surface area contributed by atoms with Crippen molar-refractivity contribution in [2.75, 3.05) is 0 Å². The minimum Gasteiger partial charge on any atom is -0.484 e. The van der Waals surface area contributed by atoms with E-state index in [0.717, 1.165) is 12.5 Å². The first-order valence-electron chi connectivity index (χ1n) is 15.8. The second-order valence-electron chi connectivity index (χ2n) is 14.2. The molecule has 4 heteroatoms. The topological polar surface area (TPSA) is 35.5 Å². The van der Waals surface area contributed by atoms with E-state index in [-0.39, 0.29) is 34.9 Å². The maximum absolute atomic E-state index is 14.0. The Balaban J connectivity index is 1.60. The number of carbonyl (C=O) groups excluding carboxylic acids is 1. The molecule has 0 aromatic heterocycles. The van der Waals surface area contributed by atoms with Gasteiger partial charge in [-0.1, -0.05) is 163 Å². The Hall–Kier alpha value is -3.89. The summed E-state index contributed by atoms with van der Waals surface area (Å²) in [6.45, 7) is 12.8. The van der Waals surface area contributed by atoms with Crippen LogP contribution >= 0.6 is 0 Å². The van der Waals surface area contributed by atoms with Crippen LogP contribution < -0.4 is 15.6 Å². The van der Waals surface area contributed by atoms with Gasteiger partial charge in [-0.15, -0.1) is 0 Å². The van der Waals surface area contributed by atoms with Crippen molar-refractivity contribution in [2.45, 2.75) is 72.1 Å². The van der Waals surface area contributed by atoms with Crippen LogP contribution in [0, 0.1) is 10.8 Å². The smallest absolute Gasteiger partial charge is 0.373 e. The summed E-state index contributed by atoms with van der Waals surface area (Å²) in [7, 11) is -2.60. The first-order valence-corrected chi connectivity index (χ1v) is 18.0. The monoisotopic (exact) mass is 602 g/mol. The molecule has 1 heterocycles. The first kappa shape index (κ1) is 31.5. The van der Waals surface area contributed by atoms with Crippen LogP contribution in [0.25, 0.3) is 0 Å². The van der Waals surface area contributed by atoms with Crippen LogP contribution in [0.2, 0.25) is 6.04 Å². The average Bonchev–Trinajstić information content (AvgIpc) is 3.03. The van der Waals surface area contributed by atoms with Gasteiger partial charge in [-0.05, 0) is 50.5 Å². The van der Waals surface area contributed by atoms with Gasteiger partial charge in [0.25, 0.3) is 0 Å². The third-order valence-electron chi connectivity index (χ3n) is 8.72. The van der Waals surface area contributed by atoms with Gasteiger partial charge in [-0.25, -0.2) is 4.79 Å². The summed E-state index contributed by atoms with van der Waals surface area (Å²) in [4.78, 5) is 14.0. The fraction of sp³-hybridized carbons (Fsp3) is 0.325. The van der Waals surface area contributed by atoms with Crippen molar-refractivity contribution in [3.63, 3.8) is 0 Å². The van der Waals surface area contributed by atoms with Crippen molar-refractivity contribution < 1.29 is 14.3 Å². The fourth-order valence-corrected chi connectivity index (χ4v) is 12.1. The molecule has 0 amide bonds. The Morgan fingerprint density at radius 3 is 1.52 bits per heavy atom. The number of carbonyl (C=O) groups is 1. The molecule has 228 valence electrons. The second-order valence-corrected chi connectivity index (χ2v) is 18.2. The molecular weight excluding hydrogens is 557 g/mol. The Labute approximate surface area is 265 Å². The molecule has 0 saturated heterocycles.